The number of halogens is 1. The lowest BCUT2D eigenvalue weighted by molar-refractivity contribution is 0.361. The summed E-state index contributed by atoms with van der Waals surface area (Å²) < 4.78 is 14.2. The standard InChI is InChI=1S/C29H41FN2/c1-7-25(26(19-32-6)15-14-24-11-9-8-10-12-24)18-27(23(5)31)17-21(3)29-20(2)13-16-28(30)22(29)4/h7,13,15-16,18-19,21,24H,1,8-12,14,17,31H2,2-6H3/b25-18+,26-15+,27-23+,32-19?. The minimum absolute atomic E-state index is 0.149. The monoisotopic (exact) mass is 436 g/mol. The van der Waals surface area contributed by atoms with E-state index in [0.717, 1.165) is 57.9 Å². The van der Waals surface area contributed by atoms with Gasteiger partial charge in [-0.05, 0) is 91.0 Å². The number of rotatable bonds is 9. The van der Waals surface area contributed by atoms with Crippen LogP contribution in [0.4, 0.5) is 4.39 Å². The molecule has 32 heavy (non-hydrogen) atoms. The Bertz CT molecular complexity index is 907. The predicted molar refractivity (Wildman–Crippen MR) is 138 cm³/mol. The van der Waals surface area contributed by atoms with Gasteiger partial charge in [-0.1, -0.05) is 63.8 Å². The minimum Gasteiger partial charge on any atom is -0.402 e. The summed E-state index contributed by atoms with van der Waals surface area (Å²) in [4.78, 5) is 4.29. The summed E-state index contributed by atoms with van der Waals surface area (Å²) in [6.45, 7) is 12.1. The molecule has 174 valence electrons. The van der Waals surface area contributed by atoms with Crippen LogP contribution in [0.3, 0.4) is 0 Å². The van der Waals surface area contributed by atoms with Crippen LogP contribution >= 0.6 is 0 Å². The Morgan fingerprint density at radius 2 is 1.91 bits per heavy atom. The summed E-state index contributed by atoms with van der Waals surface area (Å²) in [5.74, 6) is 0.762. The fourth-order valence-corrected chi connectivity index (χ4v) is 4.91. The summed E-state index contributed by atoms with van der Waals surface area (Å²) in [6.07, 6.45) is 16.8. The van der Waals surface area contributed by atoms with Gasteiger partial charge in [-0.3, -0.25) is 4.99 Å². The fourth-order valence-electron chi connectivity index (χ4n) is 4.91. The van der Waals surface area contributed by atoms with Crippen molar-refractivity contribution in [2.45, 2.75) is 78.6 Å². The SMILES string of the molecule is C=CC(=C\C(CC(C)c1c(C)ccc(F)c1C)=C(/C)N)/C(C=NC)=C/CC1CCCCC1. The van der Waals surface area contributed by atoms with Crippen molar-refractivity contribution in [3.63, 3.8) is 0 Å². The molecule has 1 aliphatic rings. The van der Waals surface area contributed by atoms with Crippen molar-refractivity contribution in [1.82, 2.24) is 0 Å². The fraction of sp³-hybridized carbons (Fsp3) is 0.483. The molecule has 0 amide bonds. The first kappa shape index (κ1) is 25.8. The highest BCUT2D eigenvalue weighted by Gasteiger charge is 2.17. The van der Waals surface area contributed by atoms with Gasteiger partial charge in [0.15, 0.2) is 0 Å². The molecule has 1 aliphatic carbocycles. The summed E-state index contributed by atoms with van der Waals surface area (Å²) in [5, 5.41) is 0. The topological polar surface area (TPSA) is 38.4 Å². The maximum atomic E-state index is 14.2. The normalized spacial score (nSPS) is 18.1. The molecule has 0 bridgehead atoms. The van der Waals surface area contributed by atoms with Gasteiger partial charge < -0.3 is 5.73 Å². The molecule has 0 heterocycles. The Labute approximate surface area is 194 Å². The minimum atomic E-state index is -0.151. The van der Waals surface area contributed by atoms with E-state index in [4.69, 9.17) is 5.73 Å². The van der Waals surface area contributed by atoms with E-state index in [-0.39, 0.29) is 11.7 Å². The van der Waals surface area contributed by atoms with Crippen LogP contribution in [0.5, 0.6) is 0 Å². The lowest BCUT2D eigenvalue weighted by Gasteiger charge is -2.21. The molecular formula is C29H41FN2. The van der Waals surface area contributed by atoms with E-state index in [9.17, 15) is 4.39 Å². The van der Waals surface area contributed by atoms with Gasteiger partial charge >= 0.3 is 0 Å². The third kappa shape index (κ3) is 7.05. The lowest BCUT2D eigenvalue weighted by Crippen LogP contribution is -2.07. The molecule has 1 unspecified atom stereocenters. The van der Waals surface area contributed by atoms with Gasteiger partial charge in [0.2, 0.25) is 0 Å². The van der Waals surface area contributed by atoms with Crippen molar-refractivity contribution < 1.29 is 4.39 Å². The van der Waals surface area contributed by atoms with Gasteiger partial charge in [0.05, 0.1) is 0 Å². The molecule has 1 aromatic rings. The first-order valence-corrected chi connectivity index (χ1v) is 12.0. The second-order valence-corrected chi connectivity index (χ2v) is 9.31. The molecule has 0 saturated heterocycles. The lowest BCUT2D eigenvalue weighted by atomic mass is 9.85. The molecule has 2 nitrogen and oxygen atoms in total. The van der Waals surface area contributed by atoms with Crippen LogP contribution in [0.25, 0.3) is 0 Å². The molecule has 2 rings (SSSR count). The summed E-state index contributed by atoms with van der Waals surface area (Å²) >= 11 is 0. The van der Waals surface area contributed by atoms with Crippen LogP contribution < -0.4 is 5.73 Å². The molecule has 1 saturated carbocycles. The number of allylic oxidation sites excluding steroid dienone is 7. The first-order chi connectivity index (χ1) is 15.3. The zero-order chi connectivity index (χ0) is 23.7. The van der Waals surface area contributed by atoms with Crippen LogP contribution in [0.1, 0.15) is 81.4 Å². The van der Waals surface area contributed by atoms with Crippen molar-refractivity contribution in [3.05, 3.63) is 81.9 Å². The quantitative estimate of drug-likeness (QED) is 0.310. The predicted octanol–water partition coefficient (Wildman–Crippen LogP) is 7.88. The van der Waals surface area contributed by atoms with Crippen LogP contribution in [0.2, 0.25) is 0 Å². The second kappa shape index (κ2) is 12.6. The van der Waals surface area contributed by atoms with E-state index < -0.39 is 0 Å². The smallest absolute Gasteiger partial charge is 0.126 e. The molecular weight excluding hydrogens is 395 g/mol. The molecule has 0 spiro atoms. The number of aliphatic imine (C=N–C) groups is 1. The summed E-state index contributed by atoms with van der Waals surface area (Å²) in [5.41, 5.74) is 13.2. The van der Waals surface area contributed by atoms with Crippen molar-refractivity contribution in [1.29, 1.82) is 0 Å². The highest BCUT2D eigenvalue weighted by Crippen LogP contribution is 2.32. The highest BCUT2D eigenvalue weighted by atomic mass is 19.1. The second-order valence-electron chi connectivity index (χ2n) is 9.31. The van der Waals surface area contributed by atoms with E-state index in [2.05, 4.69) is 30.6 Å². The Kier molecular flexibility index (Phi) is 10.2. The largest absolute Gasteiger partial charge is 0.402 e. The van der Waals surface area contributed by atoms with Gasteiger partial charge in [-0.15, -0.1) is 0 Å². The molecule has 1 atom stereocenters. The number of benzene rings is 1. The average Bonchev–Trinajstić information content (AvgIpc) is 2.77. The van der Waals surface area contributed by atoms with E-state index in [0.29, 0.717) is 0 Å². The number of nitrogens with zero attached hydrogens (tertiary/aromatic N) is 1. The molecule has 0 aromatic heterocycles. The van der Waals surface area contributed by atoms with Gasteiger partial charge in [0, 0.05) is 19.0 Å². The molecule has 0 aliphatic heterocycles. The van der Waals surface area contributed by atoms with Gasteiger partial charge in [-0.25, -0.2) is 4.39 Å². The molecule has 2 N–H and O–H groups in total. The zero-order valence-corrected chi connectivity index (χ0v) is 20.7. The number of aryl methyl sites for hydroxylation is 1. The molecule has 1 aromatic carbocycles. The summed E-state index contributed by atoms with van der Waals surface area (Å²) in [6, 6.07) is 3.41. The molecule has 0 radical (unpaired) electrons. The van der Waals surface area contributed by atoms with Crippen LogP contribution in [-0.4, -0.2) is 13.3 Å². The van der Waals surface area contributed by atoms with Crippen LogP contribution in [0, 0.1) is 25.6 Å². The van der Waals surface area contributed by atoms with Gasteiger partial charge in [0.25, 0.3) is 0 Å². The Balaban J connectivity index is 2.32. The Hall–Kier alpha value is -2.42. The van der Waals surface area contributed by atoms with E-state index in [1.54, 1.807) is 13.1 Å². The van der Waals surface area contributed by atoms with Crippen molar-refractivity contribution in [2.75, 3.05) is 7.05 Å². The number of hydrogen-bond acceptors (Lipinski definition) is 2. The number of nitrogens with two attached hydrogens (primary N) is 1. The van der Waals surface area contributed by atoms with E-state index in [1.165, 1.54) is 32.1 Å². The van der Waals surface area contributed by atoms with Crippen molar-refractivity contribution in [2.24, 2.45) is 16.6 Å². The van der Waals surface area contributed by atoms with Crippen molar-refractivity contribution in [3.8, 4) is 0 Å². The third-order valence-corrected chi connectivity index (χ3v) is 6.74. The summed E-state index contributed by atoms with van der Waals surface area (Å²) in [7, 11) is 1.80. The Morgan fingerprint density at radius 3 is 2.50 bits per heavy atom. The average molecular weight is 437 g/mol. The maximum Gasteiger partial charge on any atom is 0.126 e. The maximum absolute atomic E-state index is 14.2. The van der Waals surface area contributed by atoms with Gasteiger partial charge in [-0.2, -0.15) is 0 Å². The van der Waals surface area contributed by atoms with Gasteiger partial charge in [0.1, 0.15) is 5.82 Å². The number of hydrogen-bond donors (Lipinski definition) is 1. The molecule has 1 fully saturated rings. The van der Waals surface area contributed by atoms with Crippen LogP contribution in [0.15, 0.2) is 64.3 Å². The zero-order valence-electron chi connectivity index (χ0n) is 20.7. The third-order valence-electron chi connectivity index (χ3n) is 6.74. The van der Waals surface area contributed by atoms with Crippen LogP contribution in [-0.2, 0) is 0 Å². The molecule has 3 heteroatoms. The van der Waals surface area contributed by atoms with E-state index >= 15 is 0 Å². The highest BCUT2D eigenvalue weighted by molar-refractivity contribution is 5.86. The van der Waals surface area contributed by atoms with Crippen molar-refractivity contribution >= 4 is 6.21 Å². The Morgan fingerprint density at radius 1 is 1.22 bits per heavy atom. The first-order valence-electron chi connectivity index (χ1n) is 12.0. The van der Waals surface area contributed by atoms with E-state index in [1.807, 2.05) is 39.1 Å².